The van der Waals surface area contributed by atoms with E-state index in [9.17, 15) is 19.3 Å². The molecule has 0 aliphatic carbocycles. The molecule has 26 heavy (non-hydrogen) atoms. The number of hydrogen-bond acceptors (Lipinski definition) is 8. The van der Waals surface area contributed by atoms with Crippen LogP contribution in [0.15, 0.2) is 29.0 Å². The van der Waals surface area contributed by atoms with Gasteiger partial charge in [-0.25, -0.2) is 4.39 Å². The maximum atomic E-state index is 14.3. The smallest absolute Gasteiger partial charge is 0.293 e. The molecule has 0 atom stereocenters. The number of aromatic nitrogens is 2. The number of halogens is 1. The van der Waals surface area contributed by atoms with Crippen molar-refractivity contribution in [2.45, 2.75) is 0 Å². The monoisotopic (exact) mass is 393 g/mol. The van der Waals surface area contributed by atoms with Gasteiger partial charge in [-0.05, 0) is 11.4 Å². The molecule has 0 aliphatic rings. The van der Waals surface area contributed by atoms with Crippen molar-refractivity contribution in [1.29, 1.82) is 0 Å². The van der Waals surface area contributed by atoms with Gasteiger partial charge in [-0.15, -0.1) is 10.2 Å². The zero-order valence-corrected chi connectivity index (χ0v) is 15.2. The van der Waals surface area contributed by atoms with Gasteiger partial charge in [0.05, 0.1) is 10.5 Å². The molecule has 0 radical (unpaired) electrons. The fourth-order valence-corrected chi connectivity index (χ4v) is 3.62. The minimum atomic E-state index is -0.862. The number of benzene rings is 1. The number of carbonyl (C=O) groups excluding carboxylic acids is 1. The van der Waals surface area contributed by atoms with Crippen molar-refractivity contribution < 1.29 is 14.1 Å². The minimum absolute atomic E-state index is 0.0692. The summed E-state index contributed by atoms with van der Waals surface area (Å²) in [6.07, 6.45) is 0. The third-order valence-electron chi connectivity index (χ3n) is 3.40. The van der Waals surface area contributed by atoms with E-state index in [0.29, 0.717) is 5.01 Å². The van der Waals surface area contributed by atoms with Crippen molar-refractivity contribution >= 4 is 45.1 Å². The van der Waals surface area contributed by atoms with Crippen LogP contribution in [0.2, 0.25) is 0 Å². The van der Waals surface area contributed by atoms with Crippen molar-refractivity contribution in [1.82, 2.24) is 10.2 Å². The summed E-state index contributed by atoms with van der Waals surface area (Å²) in [6, 6.07) is 3.74. The Morgan fingerprint density at radius 2 is 2.12 bits per heavy atom. The number of rotatable bonds is 5. The SMILES string of the molecule is CN(C)c1cc(F)c(C(=O)Nc2nnc(-c3ccsc3)s2)cc1[N+](=O)[O-]. The average molecular weight is 393 g/mol. The van der Waals surface area contributed by atoms with Crippen LogP contribution in [0, 0.1) is 15.9 Å². The number of amides is 1. The normalized spacial score (nSPS) is 10.6. The van der Waals surface area contributed by atoms with Gasteiger partial charge in [-0.3, -0.25) is 20.2 Å². The molecule has 1 amide bonds. The van der Waals surface area contributed by atoms with Crippen LogP contribution in [-0.2, 0) is 0 Å². The van der Waals surface area contributed by atoms with E-state index < -0.39 is 22.2 Å². The summed E-state index contributed by atoms with van der Waals surface area (Å²) in [5, 5.41) is 26.0. The molecule has 0 aliphatic heterocycles. The molecule has 3 aromatic rings. The minimum Gasteiger partial charge on any atom is -0.372 e. The maximum Gasteiger partial charge on any atom is 0.293 e. The largest absolute Gasteiger partial charge is 0.372 e. The molecule has 11 heteroatoms. The molecule has 0 saturated carbocycles. The van der Waals surface area contributed by atoms with E-state index >= 15 is 0 Å². The molecule has 0 spiro atoms. The van der Waals surface area contributed by atoms with E-state index in [0.717, 1.165) is 29.0 Å². The number of nitro groups is 1. The first-order valence-corrected chi connectivity index (χ1v) is 8.95. The Morgan fingerprint density at radius 1 is 1.35 bits per heavy atom. The summed E-state index contributed by atoms with van der Waals surface area (Å²) in [5.41, 5.74) is 0.136. The third kappa shape index (κ3) is 3.53. The first kappa shape index (κ1) is 17.9. The van der Waals surface area contributed by atoms with Gasteiger partial charge in [0.15, 0.2) is 0 Å². The molecule has 0 fully saturated rings. The number of nitro benzene ring substituents is 1. The lowest BCUT2D eigenvalue weighted by molar-refractivity contribution is -0.384. The Morgan fingerprint density at radius 3 is 2.73 bits per heavy atom. The van der Waals surface area contributed by atoms with Crippen molar-refractivity contribution in [3.63, 3.8) is 0 Å². The van der Waals surface area contributed by atoms with Gasteiger partial charge in [0.25, 0.3) is 11.6 Å². The van der Waals surface area contributed by atoms with Crippen molar-refractivity contribution in [3.8, 4) is 10.6 Å². The molecular weight excluding hydrogens is 381 g/mol. The van der Waals surface area contributed by atoms with E-state index in [-0.39, 0.29) is 16.5 Å². The Kier molecular flexibility index (Phi) is 4.91. The van der Waals surface area contributed by atoms with Crippen molar-refractivity contribution in [2.75, 3.05) is 24.3 Å². The molecule has 0 saturated heterocycles. The van der Waals surface area contributed by atoms with E-state index in [2.05, 4.69) is 15.5 Å². The standard InChI is InChI=1S/C15H12FN5O3S2/c1-20(2)11-6-10(16)9(5-12(11)21(23)24)13(22)17-15-19-18-14(26-15)8-3-4-25-7-8/h3-7H,1-2H3,(H,17,19,22). The van der Waals surface area contributed by atoms with Crippen molar-refractivity contribution in [3.05, 3.63) is 50.5 Å². The highest BCUT2D eigenvalue weighted by Gasteiger charge is 2.24. The van der Waals surface area contributed by atoms with Gasteiger partial charge in [-0.1, -0.05) is 11.3 Å². The topological polar surface area (TPSA) is 101 Å². The zero-order valence-electron chi connectivity index (χ0n) is 13.6. The van der Waals surface area contributed by atoms with E-state index in [1.54, 1.807) is 14.1 Å². The molecule has 0 bridgehead atoms. The second kappa shape index (κ2) is 7.14. The van der Waals surface area contributed by atoms with Gasteiger partial charge in [0.1, 0.15) is 16.5 Å². The second-order valence-corrected chi connectivity index (χ2v) is 7.11. The lowest BCUT2D eigenvalue weighted by Gasteiger charge is -2.14. The molecule has 134 valence electrons. The van der Waals surface area contributed by atoms with Gasteiger partial charge < -0.3 is 4.90 Å². The molecule has 1 N–H and O–H groups in total. The summed E-state index contributed by atoms with van der Waals surface area (Å²) in [7, 11) is 3.10. The summed E-state index contributed by atoms with van der Waals surface area (Å²) >= 11 is 2.62. The number of nitrogens with zero attached hydrogens (tertiary/aromatic N) is 4. The van der Waals surface area contributed by atoms with Gasteiger partial charge >= 0.3 is 0 Å². The fourth-order valence-electron chi connectivity index (χ4n) is 2.17. The van der Waals surface area contributed by atoms with Gasteiger partial charge in [-0.2, -0.15) is 11.3 Å². The Bertz CT molecular complexity index is 972. The van der Waals surface area contributed by atoms with Crippen LogP contribution in [-0.4, -0.2) is 35.1 Å². The first-order chi connectivity index (χ1) is 12.4. The lowest BCUT2D eigenvalue weighted by atomic mass is 10.1. The molecule has 2 aromatic heterocycles. The molecule has 3 rings (SSSR count). The summed E-state index contributed by atoms with van der Waals surface area (Å²) in [5.74, 6) is -1.69. The van der Waals surface area contributed by atoms with Crippen LogP contribution in [0.25, 0.3) is 10.6 Å². The van der Waals surface area contributed by atoms with Crippen LogP contribution in [0.5, 0.6) is 0 Å². The highest BCUT2D eigenvalue weighted by atomic mass is 32.1. The quantitative estimate of drug-likeness (QED) is 0.525. The first-order valence-electron chi connectivity index (χ1n) is 7.19. The highest BCUT2D eigenvalue weighted by Crippen LogP contribution is 2.31. The predicted molar refractivity (Wildman–Crippen MR) is 98.6 cm³/mol. The number of carbonyl (C=O) groups is 1. The molecule has 8 nitrogen and oxygen atoms in total. The van der Waals surface area contributed by atoms with Gasteiger partial charge in [0, 0.05) is 37.2 Å². The lowest BCUT2D eigenvalue weighted by Crippen LogP contribution is -2.17. The van der Waals surface area contributed by atoms with E-state index in [1.807, 2.05) is 16.8 Å². The summed E-state index contributed by atoms with van der Waals surface area (Å²) < 4.78 is 14.3. The number of nitrogens with one attached hydrogen (secondary N) is 1. The summed E-state index contributed by atoms with van der Waals surface area (Å²) in [4.78, 5) is 24.3. The Hall–Kier alpha value is -2.92. The second-order valence-electron chi connectivity index (χ2n) is 5.35. The molecule has 1 aromatic carbocycles. The fraction of sp³-hybridized carbons (Fsp3) is 0.133. The zero-order chi connectivity index (χ0) is 18.8. The van der Waals surface area contributed by atoms with Crippen LogP contribution in [0.3, 0.4) is 0 Å². The maximum absolute atomic E-state index is 14.3. The molecule has 0 unspecified atom stereocenters. The van der Waals surface area contributed by atoms with Crippen LogP contribution >= 0.6 is 22.7 Å². The number of anilines is 2. The average Bonchev–Trinajstić information content (AvgIpc) is 3.25. The van der Waals surface area contributed by atoms with E-state index in [4.69, 9.17) is 0 Å². The van der Waals surface area contributed by atoms with Gasteiger partial charge in [0.2, 0.25) is 5.13 Å². The predicted octanol–water partition coefficient (Wildman–Crippen LogP) is 3.63. The number of thiophene rings is 1. The molecular formula is C15H12FN5O3S2. The van der Waals surface area contributed by atoms with Crippen LogP contribution < -0.4 is 10.2 Å². The van der Waals surface area contributed by atoms with E-state index in [1.165, 1.54) is 16.2 Å². The Labute approximate surface area is 155 Å². The summed E-state index contributed by atoms with van der Waals surface area (Å²) in [6.45, 7) is 0. The van der Waals surface area contributed by atoms with Crippen LogP contribution in [0.4, 0.5) is 20.9 Å². The van der Waals surface area contributed by atoms with Crippen LogP contribution in [0.1, 0.15) is 10.4 Å². The number of hydrogen-bond donors (Lipinski definition) is 1. The van der Waals surface area contributed by atoms with Crippen molar-refractivity contribution in [2.24, 2.45) is 0 Å². The highest BCUT2D eigenvalue weighted by molar-refractivity contribution is 7.19. The third-order valence-corrected chi connectivity index (χ3v) is 4.97. The molecule has 2 heterocycles. The Balaban J connectivity index is 1.88.